The first-order valence-electron chi connectivity index (χ1n) is 6.27. The van der Waals surface area contributed by atoms with Crippen LogP contribution in [0.15, 0.2) is 24.3 Å². The first kappa shape index (κ1) is 15.0. The molecule has 0 fully saturated rings. The van der Waals surface area contributed by atoms with E-state index in [0.717, 1.165) is 12.0 Å². The van der Waals surface area contributed by atoms with Gasteiger partial charge in [0.05, 0.1) is 6.10 Å². The normalized spacial score (nSPS) is 12.2. The SMILES string of the molecule is CC(O)CCCNC(=O)CCc1ccccc1Cl. The molecule has 100 valence electrons. The summed E-state index contributed by atoms with van der Waals surface area (Å²) in [6.45, 7) is 2.37. The summed E-state index contributed by atoms with van der Waals surface area (Å²) in [5.41, 5.74) is 0.998. The molecule has 1 aromatic carbocycles. The Morgan fingerprint density at radius 2 is 2.17 bits per heavy atom. The van der Waals surface area contributed by atoms with E-state index in [0.29, 0.717) is 30.8 Å². The number of hydrogen-bond donors (Lipinski definition) is 2. The molecule has 0 aliphatic heterocycles. The highest BCUT2D eigenvalue weighted by Gasteiger charge is 2.04. The Morgan fingerprint density at radius 1 is 1.44 bits per heavy atom. The molecule has 4 heteroatoms. The first-order valence-corrected chi connectivity index (χ1v) is 6.65. The van der Waals surface area contributed by atoms with Gasteiger partial charge < -0.3 is 10.4 Å². The van der Waals surface area contributed by atoms with Gasteiger partial charge in [0.2, 0.25) is 5.91 Å². The number of aryl methyl sites for hydroxylation is 1. The van der Waals surface area contributed by atoms with E-state index < -0.39 is 0 Å². The summed E-state index contributed by atoms with van der Waals surface area (Å²) in [5, 5.41) is 12.6. The number of hydrogen-bond acceptors (Lipinski definition) is 2. The lowest BCUT2D eigenvalue weighted by Gasteiger charge is -2.07. The van der Waals surface area contributed by atoms with Gasteiger partial charge in [-0.15, -0.1) is 0 Å². The van der Waals surface area contributed by atoms with E-state index in [9.17, 15) is 4.79 Å². The standard InChI is InChI=1S/C14H20ClNO2/c1-11(17)5-4-10-16-14(18)9-8-12-6-2-3-7-13(12)15/h2-3,6-7,11,17H,4-5,8-10H2,1H3,(H,16,18). The zero-order valence-electron chi connectivity index (χ0n) is 10.7. The van der Waals surface area contributed by atoms with Gasteiger partial charge in [0.25, 0.3) is 0 Å². The zero-order valence-corrected chi connectivity index (χ0v) is 11.4. The fourth-order valence-corrected chi connectivity index (χ4v) is 1.89. The van der Waals surface area contributed by atoms with Crippen LogP contribution in [0.2, 0.25) is 5.02 Å². The number of halogens is 1. The van der Waals surface area contributed by atoms with E-state index in [1.807, 2.05) is 24.3 Å². The number of nitrogens with one attached hydrogen (secondary N) is 1. The molecule has 0 saturated carbocycles. The molecule has 0 aliphatic carbocycles. The highest BCUT2D eigenvalue weighted by molar-refractivity contribution is 6.31. The monoisotopic (exact) mass is 269 g/mol. The average Bonchev–Trinajstić information content (AvgIpc) is 2.33. The van der Waals surface area contributed by atoms with Gasteiger partial charge in [0.15, 0.2) is 0 Å². The third-order valence-electron chi connectivity index (χ3n) is 2.70. The Balaban J connectivity index is 2.19. The van der Waals surface area contributed by atoms with E-state index in [2.05, 4.69) is 5.32 Å². The van der Waals surface area contributed by atoms with E-state index in [4.69, 9.17) is 16.7 Å². The Labute approximate surface area is 113 Å². The number of aliphatic hydroxyl groups is 1. The Hall–Kier alpha value is -1.06. The number of amides is 1. The van der Waals surface area contributed by atoms with Crippen molar-refractivity contribution in [2.75, 3.05) is 6.54 Å². The van der Waals surface area contributed by atoms with Crippen LogP contribution in [-0.4, -0.2) is 23.7 Å². The molecule has 0 spiro atoms. The molecule has 1 aromatic rings. The van der Waals surface area contributed by atoms with Gasteiger partial charge in [0.1, 0.15) is 0 Å². The second kappa shape index (κ2) is 8.11. The summed E-state index contributed by atoms with van der Waals surface area (Å²) in [5.74, 6) is 0.0283. The van der Waals surface area contributed by atoms with Crippen LogP contribution in [0.5, 0.6) is 0 Å². The van der Waals surface area contributed by atoms with Crippen molar-refractivity contribution in [1.82, 2.24) is 5.32 Å². The lowest BCUT2D eigenvalue weighted by molar-refractivity contribution is -0.121. The molecule has 1 atom stereocenters. The maximum Gasteiger partial charge on any atom is 0.220 e. The number of benzene rings is 1. The van der Waals surface area contributed by atoms with Crippen molar-refractivity contribution in [1.29, 1.82) is 0 Å². The van der Waals surface area contributed by atoms with E-state index in [-0.39, 0.29) is 12.0 Å². The summed E-state index contributed by atoms with van der Waals surface area (Å²) in [7, 11) is 0. The minimum atomic E-state index is -0.301. The van der Waals surface area contributed by atoms with Crippen molar-refractivity contribution in [2.24, 2.45) is 0 Å². The number of aliphatic hydroxyl groups excluding tert-OH is 1. The molecular formula is C14H20ClNO2. The van der Waals surface area contributed by atoms with Crippen molar-refractivity contribution in [3.63, 3.8) is 0 Å². The maximum atomic E-state index is 11.6. The van der Waals surface area contributed by atoms with Crippen LogP contribution in [-0.2, 0) is 11.2 Å². The lowest BCUT2D eigenvalue weighted by Crippen LogP contribution is -2.25. The molecule has 0 heterocycles. The molecule has 0 aliphatic rings. The summed E-state index contributed by atoms with van der Waals surface area (Å²) >= 11 is 6.01. The lowest BCUT2D eigenvalue weighted by atomic mass is 10.1. The van der Waals surface area contributed by atoms with Gasteiger partial charge in [-0.3, -0.25) is 4.79 Å². The Kier molecular flexibility index (Phi) is 6.76. The third kappa shape index (κ3) is 6.03. The van der Waals surface area contributed by atoms with E-state index in [1.54, 1.807) is 6.92 Å². The highest BCUT2D eigenvalue weighted by atomic mass is 35.5. The molecule has 18 heavy (non-hydrogen) atoms. The molecule has 2 N–H and O–H groups in total. The molecule has 1 unspecified atom stereocenters. The van der Waals surface area contributed by atoms with E-state index in [1.165, 1.54) is 0 Å². The predicted molar refractivity (Wildman–Crippen MR) is 73.7 cm³/mol. The fraction of sp³-hybridized carbons (Fsp3) is 0.500. The molecule has 1 rings (SSSR count). The molecule has 3 nitrogen and oxygen atoms in total. The molecule has 0 aromatic heterocycles. The molecule has 1 amide bonds. The van der Waals surface area contributed by atoms with Crippen molar-refractivity contribution < 1.29 is 9.90 Å². The van der Waals surface area contributed by atoms with Gasteiger partial charge >= 0.3 is 0 Å². The second-order valence-electron chi connectivity index (χ2n) is 4.43. The van der Waals surface area contributed by atoms with Gasteiger partial charge in [-0.05, 0) is 37.8 Å². The first-order chi connectivity index (χ1) is 8.59. The quantitative estimate of drug-likeness (QED) is 0.748. The Morgan fingerprint density at radius 3 is 2.83 bits per heavy atom. The van der Waals surface area contributed by atoms with Crippen molar-refractivity contribution in [2.45, 2.75) is 38.7 Å². The summed E-state index contributed by atoms with van der Waals surface area (Å²) < 4.78 is 0. The highest BCUT2D eigenvalue weighted by Crippen LogP contribution is 2.16. The van der Waals surface area contributed by atoms with Crippen LogP contribution >= 0.6 is 11.6 Å². The van der Waals surface area contributed by atoms with Crippen LogP contribution in [0.25, 0.3) is 0 Å². The van der Waals surface area contributed by atoms with Crippen molar-refractivity contribution >= 4 is 17.5 Å². The minimum Gasteiger partial charge on any atom is -0.393 e. The molecule has 0 saturated heterocycles. The van der Waals surface area contributed by atoms with E-state index >= 15 is 0 Å². The van der Waals surface area contributed by atoms with Crippen LogP contribution in [0.1, 0.15) is 31.7 Å². The number of carbonyl (C=O) groups excluding carboxylic acids is 1. The Bertz CT molecular complexity index is 380. The summed E-state index contributed by atoms with van der Waals surface area (Å²) in [6.07, 6.45) is 2.31. The summed E-state index contributed by atoms with van der Waals surface area (Å²) in [4.78, 5) is 11.6. The smallest absolute Gasteiger partial charge is 0.220 e. The molecular weight excluding hydrogens is 250 g/mol. The number of rotatable bonds is 7. The topological polar surface area (TPSA) is 49.3 Å². The summed E-state index contributed by atoms with van der Waals surface area (Å²) in [6, 6.07) is 7.56. The minimum absolute atomic E-state index is 0.0283. The van der Waals surface area contributed by atoms with Crippen LogP contribution in [0.4, 0.5) is 0 Å². The van der Waals surface area contributed by atoms with Gasteiger partial charge in [-0.25, -0.2) is 0 Å². The van der Waals surface area contributed by atoms with Crippen LogP contribution < -0.4 is 5.32 Å². The fourth-order valence-electron chi connectivity index (χ4n) is 1.66. The zero-order chi connectivity index (χ0) is 13.4. The van der Waals surface area contributed by atoms with Crippen molar-refractivity contribution in [3.8, 4) is 0 Å². The van der Waals surface area contributed by atoms with Crippen LogP contribution in [0, 0.1) is 0 Å². The van der Waals surface area contributed by atoms with Gasteiger partial charge in [0, 0.05) is 18.0 Å². The second-order valence-corrected chi connectivity index (χ2v) is 4.84. The molecule has 0 radical (unpaired) electrons. The average molecular weight is 270 g/mol. The van der Waals surface area contributed by atoms with Crippen LogP contribution in [0.3, 0.4) is 0 Å². The van der Waals surface area contributed by atoms with Gasteiger partial charge in [-0.2, -0.15) is 0 Å². The van der Waals surface area contributed by atoms with Gasteiger partial charge in [-0.1, -0.05) is 29.8 Å². The predicted octanol–water partition coefficient (Wildman–Crippen LogP) is 2.55. The molecule has 0 bridgehead atoms. The largest absolute Gasteiger partial charge is 0.393 e. The maximum absolute atomic E-state index is 11.6. The third-order valence-corrected chi connectivity index (χ3v) is 3.07. The van der Waals surface area contributed by atoms with Crippen molar-refractivity contribution in [3.05, 3.63) is 34.9 Å². The number of carbonyl (C=O) groups is 1.